The van der Waals surface area contributed by atoms with Crippen LogP contribution in [0.4, 0.5) is 5.69 Å². The molecule has 39 heavy (non-hydrogen) atoms. The second-order valence-electron chi connectivity index (χ2n) is 10.6. The van der Waals surface area contributed by atoms with Crippen molar-refractivity contribution in [3.8, 4) is 0 Å². The SMILES string of the molecule is C[C@H](CO)N1C(=O)[C@@H]2[C@H]3C(=O)N(Cc4ccccc4)CC=C[C@H]3O[C@@]23C=CCN(c2ccc(Cl)cc2)C(=O)C13. The van der Waals surface area contributed by atoms with Crippen LogP contribution < -0.4 is 4.90 Å². The van der Waals surface area contributed by atoms with E-state index < -0.39 is 35.6 Å². The topological polar surface area (TPSA) is 90.4 Å². The molecule has 1 spiro atoms. The number of aliphatic hydroxyl groups excluding tert-OH is 1. The lowest BCUT2D eigenvalue weighted by Crippen LogP contribution is -2.57. The van der Waals surface area contributed by atoms with E-state index in [0.717, 1.165) is 5.56 Å². The summed E-state index contributed by atoms with van der Waals surface area (Å²) in [7, 11) is 0. The fourth-order valence-electron chi connectivity index (χ4n) is 6.49. The smallest absolute Gasteiger partial charge is 0.253 e. The van der Waals surface area contributed by atoms with E-state index in [0.29, 0.717) is 23.8 Å². The number of anilines is 1. The molecular formula is C30H30ClN3O5. The Balaban J connectivity index is 1.41. The van der Waals surface area contributed by atoms with Crippen molar-refractivity contribution < 1.29 is 24.2 Å². The Morgan fingerprint density at radius 3 is 2.46 bits per heavy atom. The first-order valence-corrected chi connectivity index (χ1v) is 13.6. The third-order valence-electron chi connectivity index (χ3n) is 8.27. The Hall–Kier alpha value is -3.46. The third kappa shape index (κ3) is 4.09. The zero-order chi connectivity index (χ0) is 27.3. The highest BCUT2D eigenvalue weighted by molar-refractivity contribution is 6.30. The Morgan fingerprint density at radius 2 is 1.74 bits per heavy atom. The van der Waals surface area contributed by atoms with Gasteiger partial charge >= 0.3 is 0 Å². The summed E-state index contributed by atoms with van der Waals surface area (Å²) >= 11 is 6.08. The van der Waals surface area contributed by atoms with Crippen molar-refractivity contribution in [3.05, 3.63) is 89.5 Å². The molecule has 2 fully saturated rings. The molecule has 8 nitrogen and oxygen atoms in total. The van der Waals surface area contributed by atoms with E-state index >= 15 is 0 Å². The summed E-state index contributed by atoms with van der Waals surface area (Å²) in [6, 6.07) is 15.0. The first kappa shape index (κ1) is 25.8. The molecule has 1 unspecified atom stereocenters. The molecule has 202 valence electrons. The van der Waals surface area contributed by atoms with Gasteiger partial charge in [0.2, 0.25) is 11.8 Å². The molecule has 0 radical (unpaired) electrons. The van der Waals surface area contributed by atoms with Gasteiger partial charge in [-0.25, -0.2) is 0 Å². The van der Waals surface area contributed by atoms with Crippen LogP contribution in [0.15, 0.2) is 78.9 Å². The molecule has 2 aromatic carbocycles. The number of nitrogens with zero attached hydrogens (tertiary/aromatic N) is 3. The summed E-state index contributed by atoms with van der Waals surface area (Å²) in [6.07, 6.45) is 6.74. The lowest BCUT2D eigenvalue weighted by molar-refractivity contribution is -0.146. The highest BCUT2D eigenvalue weighted by atomic mass is 35.5. The second-order valence-corrected chi connectivity index (χ2v) is 11.0. The molecule has 2 saturated heterocycles. The molecule has 4 aliphatic heterocycles. The fourth-order valence-corrected chi connectivity index (χ4v) is 6.62. The second kappa shape index (κ2) is 9.93. The average Bonchev–Trinajstić information content (AvgIpc) is 3.27. The van der Waals surface area contributed by atoms with Crippen molar-refractivity contribution in [2.75, 3.05) is 24.6 Å². The molecule has 6 rings (SSSR count). The summed E-state index contributed by atoms with van der Waals surface area (Å²) in [5, 5.41) is 10.6. The van der Waals surface area contributed by atoms with Crippen molar-refractivity contribution in [1.82, 2.24) is 9.80 Å². The maximum absolute atomic E-state index is 14.3. The first-order chi connectivity index (χ1) is 18.9. The van der Waals surface area contributed by atoms with Gasteiger partial charge in [0, 0.05) is 30.3 Å². The number of carbonyl (C=O) groups is 3. The fraction of sp³-hybridized carbons (Fsp3) is 0.367. The van der Waals surface area contributed by atoms with Gasteiger partial charge < -0.3 is 24.5 Å². The molecular weight excluding hydrogens is 518 g/mol. The molecule has 6 atom stereocenters. The van der Waals surface area contributed by atoms with Crippen LogP contribution in [0.3, 0.4) is 0 Å². The molecule has 0 aliphatic carbocycles. The number of likely N-dealkylation sites (tertiary alicyclic amines) is 1. The summed E-state index contributed by atoms with van der Waals surface area (Å²) in [6.45, 7) is 2.45. The Morgan fingerprint density at radius 1 is 1.00 bits per heavy atom. The number of aliphatic hydroxyl groups is 1. The van der Waals surface area contributed by atoms with E-state index in [2.05, 4.69) is 0 Å². The predicted octanol–water partition coefficient (Wildman–Crippen LogP) is 2.80. The van der Waals surface area contributed by atoms with Crippen LogP contribution in [-0.4, -0.2) is 76.1 Å². The minimum Gasteiger partial charge on any atom is -0.394 e. The number of carbonyl (C=O) groups excluding carboxylic acids is 3. The number of hydrogen-bond acceptors (Lipinski definition) is 5. The lowest BCUT2D eigenvalue weighted by atomic mass is 9.77. The van der Waals surface area contributed by atoms with Gasteiger partial charge in [0.25, 0.3) is 5.91 Å². The highest BCUT2D eigenvalue weighted by Crippen LogP contribution is 2.54. The van der Waals surface area contributed by atoms with Crippen LogP contribution in [0.2, 0.25) is 5.02 Å². The summed E-state index contributed by atoms with van der Waals surface area (Å²) in [4.78, 5) is 47.3. The van der Waals surface area contributed by atoms with Crippen LogP contribution in [0.25, 0.3) is 0 Å². The molecule has 9 heteroatoms. The maximum Gasteiger partial charge on any atom is 0.253 e. The van der Waals surface area contributed by atoms with Crippen LogP contribution in [-0.2, 0) is 25.7 Å². The van der Waals surface area contributed by atoms with Gasteiger partial charge in [-0.3, -0.25) is 14.4 Å². The number of rotatable bonds is 5. The van der Waals surface area contributed by atoms with Crippen LogP contribution >= 0.6 is 11.6 Å². The van der Waals surface area contributed by atoms with E-state index in [1.54, 1.807) is 47.1 Å². The minimum absolute atomic E-state index is 0.180. The van der Waals surface area contributed by atoms with Gasteiger partial charge in [0.1, 0.15) is 11.6 Å². The molecule has 4 aliphatic rings. The van der Waals surface area contributed by atoms with Gasteiger partial charge in [-0.1, -0.05) is 66.2 Å². The van der Waals surface area contributed by atoms with Crippen LogP contribution in [0.5, 0.6) is 0 Å². The van der Waals surface area contributed by atoms with Crippen molar-refractivity contribution in [3.63, 3.8) is 0 Å². The molecule has 0 aromatic heterocycles. The van der Waals surface area contributed by atoms with Gasteiger partial charge in [-0.05, 0) is 36.8 Å². The van der Waals surface area contributed by atoms with E-state index in [9.17, 15) is 19.5 Å². The molecule has 0 saturated carbocycles. The third-order valence-corrected chi connectivity index (χ3v) is 8.53. The van der Waals surface area contributed by atoms with Gasteiger partial charge in [0.05, 0.1) is 30.6 Å². The van der Waals surface area contributed by atoms with Gasteiger partial charge in [0.15, 0.2) is 0 Å². The van der Waals surface area contributed by atoms with Gasteiger partial charge in [-0.2, -0.15) is 0 Å². The number of benzene rings is 2. The largest absolute Gasteiger partial charge is 0.394 e. The normalized spacial score (nSPS) is 30.6. The number of amides is 3. The quantitative estimate of drug-likeness (QED) is 0.581. The van der Waals surface area contributed by atoms with Crippen molar-refractivity contribution in [1.29, 1.82) is 0 Å². The monoisotopic (exact) mass is 547 g/mol. The van der Waals surface area contributed by atoms with Crippen LogP contribution in [0, 0.1) is 11.8 Å². The predicted molar refractivity (Wildman–Crippen MR) is 146 cm³/mol. The lowest BCUT2D eigenvalue weighted by Gasteiger charge is -2.37. The summed E-state index contributed by atoms with van der Waals surface area (Å²) in [5.41, 5.74) is 0.278. The number of hydrogen-bond donors (Lipinski definition) is 1. The summed E-state index contributed by atoms with van der Waals surface area (Å²) in [5.74, 6) is -2.56. The van der Waals surface area contributed by atoms with E-state index in [1.165, 1.54) is 4.90 Å². The Bertz CT molecular complexity index is 1350. The highest BCUT2D eigenvalue weighted by Gasteiger charge is 2.72. The maximum atomic E-state index is 14.3. The van der Waals surface area contributed by atoms with E-state index in [1.807, 2.05) is 48.6 Å². The average molecular weight is 548 g/mol. The molecule has 3 amide bonds. The standard InChI is InChI=1S/C30H30ClN3O5/c1-19(18-35)34-26-29(38)33(22-12-10-21(31)11-13-22)16-6-14-30(26)25(28(34)37)24-23(39-30)9-5-15-32(27(24)36)17-20-7-3-2-4-8-20/h2-14,19,23-26,35H,15-18H2,1H3/t19-,23-,24+,25+,26?,30+/m1/s1. The number of fused-ring (bicyclic) bond motifs is 2. The van der Waals surface area contributed by atoms with E-state index in [4.69, 9.17) is 16.3 Å². The van der Waals surface area contributed by atoms with Crippen LogP contribution in [0.1, 0.15) is 12.5 Å². The number of ether oxygens (including phenoxy) is 1. The zero-order valence-electron chi connectivity index (χ0n) is 21.5. The molecule has 2 aromatic rings. The summed E-state index contributed by atoms with van der Waals surface area (Å²) < 4.78 is 6.65. The van der Waals surface area contributed by atoms with Crippen molar-refractivity contribution >= 4 is 35.0 Å². The first-order valence-electron chi connectivity index (χ1n) is 13.2. The molecule has 1 N–H and O–H groups in total. The van der Waals surface area contributed by atoms with Crippen molar-refractivity contribution in [2.24, 2.45) is 11.8 Å². The Kier molecular flexibility index (Phi) is 6.57. The minimum atomic E-state index is -1.34. The van der Waals surface area contributed by atoms with Crippen molar-refractivity contribution in [2.45, 2.75) is 37.3 Å². The van der Waals surface area contributed by atoms with Gasteiger partial charge in [-0.15, -0.1) is 0 Å². The molecule has 4 heterocycles. The van der Waals surface area contributed by atoms with E-state index in [-0.39, 0.29) is 30.9 Å². The number of halogens is 1. The Labute approximate surface area is 232 Å². The molecule has 0 bridgehead atoms. The zero-order valence-corrected chi connectivity index (χ0v) is 22.3.